The minimum absolute atomic E-state index is 0.0243. The zero-order valence-electron chi connectivity index (χ0n) is 7.32. The summed E-state index contributed by atoms with van der Waals surface area (Å²) >= 11 is 0. The van der Waals surface area contributed by atoms with Crippen LogP contribution in [-0.4, -0.2) is 17.0 Å². The molecule has 0 aromatic carbocycles. The van der Waals surface area contributed by atoms with Crippen LogP contribution in [0.25, 0.3) is 0 Å². The third-order valence-corrected chi connectivity index (χ3v) is 3.59. The van der Waals surface area contributed by atoms with Gasteiger partial charge in [0.05, 0.1) is 11.3 Å². The van der Waals surface area contributed by atoms with Crippen molar-refractivity contribution in [2.75, 3.05) is 0 Å². The van der Waals surface area contributed by atoms with Crippen molar-refractivity contribution < 1.29 is 14.7 Å². The number of primary amides is 1. The van der Waals surface area contributed by atoms with Gasteiger partial charge in [0.1, 0.15) is 0 Å². The number of aliphatic carboxylic acids is 1. The summed E-state index contributed by atoms with van der Waals surface area (Å²) in [6, 6.07) is 0. The molecule has 0 saturated heterocycles. The average Bonchev–Trinajstić information content (AvgIpc) is 2.73. The summed E-state index contributed by atoms with van der Waals surface area (Å²) in [7, 11) is 0. The molecule has 2 aliphatic rings. The Hall–Kier alpha value is -1.06. The third kappa shape index (κ3) is 0.913. The highest BCUT2D eigenvalue weighted by molar-refractivity contribution is 5.93. The van der Waals surface area contributed by atoms with E-state index in [4.69, 9.17) is 10.8 Å². The van der Waals surface area contributed by atoms with Gasteiger partial charge in [0.25, 0.3) is 0 Å². The molecule has 0 aromatic heterocycles. The fraction of sp³-hybridized carbons (Fsp3) is 0.778. The molecule has 3 unspecified atom stereocenters. The lowest BCUT2D eigenvalue weighted by Gasteiger charge is -2.17. The van der Waals surface area contributed by atoms with Crippen molar-refractivity contribution >= 4 is 11.9 Å². The van der Waals surface area contributed by atoms with Gasteiger partial charge in [-0.2, -0.15) is 0 Å². The van der Waals surface area contributed by atoms with Gasteiger partial charge in [0.2, 0.25) is 5.91 Å². The monoisotopic (exact) mass is 183 g/mol. The first-order valence-corrected chi connectivity index (χ1v) is 4.63. The van der Waals surface area contributed by atoms with E-state index in [0.717, 1.165) is 19.3 Å². The number of rotatable bonds is 2. The highest BCUT2D eigenvalue weighted by Gasteiger charge is 2.71. The first kappa shape index (κ1) is 8.53. The van der Waals surface area contributed by atoms with Gasteiger partial charge in [-0.25, -0.2) is 0 Å². The number of carboxylic acid groups (broad SMARTS) is 1. The van der Waals surface area contributed by atoms with Crippen molar-refractivity contribution in [3.05, 3.63) is 0 Å². The second-order valence-electron chi connectivity index (χ2n) is 4.07. The third-order valence-electron chi connectivity index (χ3n) is 3.59. The first-order chi connectivity index (χ1) is 6.10. The lowest BCUT2D eigenvalue weighted by molar-refractivity contribution is -0.141. The predicted molar refractivity (Wildman–Crippen MR) is 44.7 cm³/mol. The van der Waals surface area contributed by atoms with E-state index in [1.54, 1.807) is 0 Å². The van der Waals surface area contributed by atoms with Gasteiger partial charge in [-0.05, 0) is 18.8 Å². The Labute approximate surface area is 76.1 Å². The number of fused-ring (bicyclic) bond motifs is 1. The minimum atomic E-state index is -0.856. The van der Waals surface area contributed by atoms with Gasteiger partial charge < -0.3 is 10.8 Å². The standard InChI is InChI=1S/C9H13NO3/c10-8(13)9-4-2-1-3-5(9)6(9)7(11)12/h5-6H,1-4H2,(H2,10,13)(H,11,12). The lowest BCUT2D eigenvalue weighted by Crippen LogP contribution is -2.30. The maximum absolute atomic E-state index is 11.2. The number of carboxylic acids is 1. The molecule has 0 bridgehead atoms. The molecule has 72 valence electrons. The number of nitrogens with two attached hydrogens (primary N) is 1. The maximum Gasteiger partial charge on any atom is 0.307 e. The largest absolute Gasteiger partial charge is 0.481 e. The molecule has 3 atom stereocenters. The molecule has 2 fully saturated rings. The first-order valence-electron chi connectivity index (χ1n) is 4.63. The molecule has 0 aromatic rings. The van der Waals surface area contributed by atoms with Crippen molar-refractivity contribution in [3.8, 4) is 0 Å². The summed E-state index contributed by atoms with van der Waals surface area (Å²) < 4.78 is 0. The fourth-order valence-corrected chi connectivity index (χ4v) is 2.92. The van der Waals surface area contributed by atoms with Crippen LogP contribution < -0.4 is 5.73 Å². The summed E-state index contributed by atoms with van der Waals surface area (Å²) in [6.07, 6.45) is 3.48. The van der Waals surface area contributed by atoms with E-state index < -0.39 is 23.2 Å². The van der Waals surface area contributed by atoms with Crippen LogP contribution in [0.2, 0.25) is 0 Å². The molecule has 0 heterocycles. The van der Waals surface area contributed by atoms with Crippen LogP contribution in [0.4, 0.5) is 0 Å². The SMILES string of the molecule is NC(=O)C12CCCCC1C2C(=O)O. The highest BCUT2D eigenvalue weighted by atomic mass is 16.4. The number of hydrogen-bond acceptors (Lipinski definition) is 2. The normalized spacial score (nSPS) is 42.2. The van der Waals surface area contributed by atoms with Crippen LogP contribution >= 0.6 is 0 Å². The van der Waals surface area contributed by atoms with Gasteiger partial charge in [-0.1, -0.05) is 12.8 Å². The van der Waals surface area contributed by atoms with Crippen LogP contribution in [0.5, 0.6) is 0 Å². The summed E-state index contributed by atoms with van der Waals surface area (Å²) in [5, 5.41) is 8.89. The molecule has 2 rings (SSSR count). The number of hydrogen-bond donors (Lipinski definition) is 2. The average molecular weight is 183 g/mol. The van der Waals surface area contributed by atoms with Crippen LogP contribution in [0.1, 0.15) is 25.7 Å². The maximum atomic E-state index is 11.2. The van der Waals surface area contributed by atoms with Gasteiger partial charge >= 0.3 is 5.97 Å². The van der Waals surface area contributed by atoms with Gasteiger partial charge in [-0.15, -0.1) is 0 Å². The Balaban J connectivity index is 2.25. The summed E-state index contributed by atoms with van der Waals surface area (Å²) in [5.74, 6) is -1.74. The molecule has 4 heteroatoms. The molecular formula is C9H13NO3. The smallest absolute Gasteiger partial charge is 0.307 e. The molecule has 0 spiro atoms. The second-order valence-corrected chi connectivity index (χ2v) is 4.07. The lowest BCUT2D eigenvalue weighted by atomic mass is 9.87. The fourth-order valence-electron chi connectivity index (χ4n) is 2.92. The summed E-state index contributed by atoms with van der Waals surface area (Å²) in [6.45, 7) is 0. The number of amides is 1. The Kier molecular flexibility index (Phi) is 1.62. The van der Waals surface area contributed by atoms with E-state index in [-0.39, 0.29) is 5.92 Å². The van der Waals surface area contributed by atoms with E-state index in [0.29, 0.717) is 6.42 Å². The minimum Gasteiger partial charge on any atom is -0.481 e. The molecule has 1 amide bonds. The Morgan fingerprint density at radius 3 is 2.54 bits per heavy atom. The van der Waals surface area contributed by atoms with Crippen molar-refractivity contribution in [2.45, 2.75) is 25.7 Å². The molecular weight excluding hydrogens is 170 g/mol. The zero-order chi connectivity index (χ0) is 9.64. The Morgan fingerprint density at radius 1 is 1.38 bits per heavy atom. The van der Waals surface area contributed by atoms with Crippen LogP contribution in [0, 0.1) is 17.3 Å². The predicted octanol–water partition coefficient (Wildman–Crippen LogP) is 0.363. The number of carbonyl (C=O) groups is 2. The van der Waals surface area contributed by atoms with E-state index in [1.807, 2.05) is 0 Å². The molecule has 13 heavy (non-hydrogen) atoms. The second kappa shape index (κ2) is 2.47. The van der Waals surface area contributed by atoms with Gasteiger partial charge in [0, 0.05) is 0 Å². The molecule has 4 nitrogen and oxygen atoms in total. The van der Waals surface area contributed by atoms with E-state index in [1.165, 1.54) is 0 Å². The summed E-state index contributed by atoms with van der Waals surface area (Å²) in [4.78, 5) is 22.0. The summed E-state index contributed by atoms with van der Waals surface area (Å²) in [5.41, 5.74) is 4.59. The van der Waals surface area contributed by atoms with Crippen molar-refractivity contribution in [2.24, 2.45) is 23.0 Å². The Bertz CT molecular complexity index is 276. The molecule has 0 radical (unpaired) electrons. The van der Waals surface area contributed by atoms with Gasteiger partial charge in [-0.3, -0.25) is 9.59 Å². The molecule has 2 saturated carbocycles. The molecule has 3 N–H and O–H groups in total. The van der Waals surface area contributed by atoms with Crippen molar-refractivity contribution in [1.82, 2.24) is 0 Å². The molecule has 2 aliphatic carbocycles. The van der Waals surface area contributed by atoms with E-state index in [2.05, 4.69) is 0 Å². The van der Waals surface area contributed by atoms with Gasteiger partial charge in [0.15, 0.2) is 0 Å². The molecule has 0 aliphatic heterocycles. The highest BCUT2D eigenvalue weighted by Crippen LogP contribution is 2.66. The van der Waals surface area contributed by atoms with Crippen LogP contribution in [0.3, 0.4) is 0 Å². The Morgan fingerprint density at radius 2 is 2.08 bits per heavy atom. The van der Waals surface area contributed by atoms with Crippen molar-refractivity contribution in [1.29, 1.82) is 0 Å². The van der Waals surface area contributed by atoms with Crippen molar-refractivity contribution in [3.63, 3.8) is 0 Å². The quantitative estimate of drug-likeness (QED) is 0.648. The van der Waals surface area contributed by atoms with E-state index >= 15 is 0 Å². The topological polar surface area (TPSA) is 80.4 Å². The van der Waals surface area contributed by atoms with E-state index in [9.17, 15) is 9.59 Å². The number of carbonyl (C=O) groups excluding carboxylic acids is 1. The van der Waals surface area contributed by atoms with Crippen LogP contribution in [0.15, 0.2) is 0 Å². The zero-order valence-corrected chi connectivity index (χ0v) is 7.32. The van der Waals surface area contributed by atoms with Crippen LogP contribution in [-0.2, 0) is 9.59 Å².